The van der Waals surface area contributed by atoms with Crippen molar-refractivity contribution < 1.29 is 4.79 Å². The Kier molecular flexibility index (Phi) is 5.46. The minimum Gasteiger partial charge on any atom is -0.299 e. The van der Waals surface area contributed by atoms with Crippen molar-refractivity contribution in [1.29, 1.82) is 0 Å². The van der Waals surface area contributed by atoms with Gasteiger partial charge in [-0.15, -0.1) is 12.3 Å². The highest BCUT2D eigenvalue weighted by atomic mass is 16.1. The molecule has 0 saturated carbocycles. The maximum absolute atomic E-state index is 11.7. The van der Waals surface area contributed by atoms with Crippen LogP contribution < -0.4 is 0 Å². The Morgan fingerprint density at radius 3 is 2.54 bits per heavy atom. The van der Waals surface area contributed by atoms with Gasteiger partial charge in [-0.3, -0.25) is 4.79 Å². The molecule has 0 heterocycles. The van der Waals surface area contributed by atoms with E-state index in [9.17, 15) is 4.79 Å². The number of unbranched alkanes of at least 4 members (excludes halogenated alkanes) is 1. The second-order valence-corrected chi connectivity index (χ2v) is 4.11. The number of carbonyl (C=O) groups is 1. The molecule has 0 aromatic heterocycles. The molecule has 0 unspecified atom stereocenters. The fraction of sp³-hybridized carbons (Fsp3) is 0.750. The van der Waals surface area contributed by atoms with Crippen molar-refractivity contribution in [2.45, 2.75) is 52.9 Å². The molecule has 1 nitrogen and oxygen atoms in total. The van der Waals surface area contributed by atoms with E-state index < -0.39 is 0 Å². The minimum absolute atomic E-state index is 0.221. The molecule has 0 fully saturated rings. The predicted octanol–water partition coefficient (Wildman–Crippen LogP) is 3.19. The summed E-state index contributed by atoms with van der Waals surface area (Å²) in [4.78, 5) is 11.7. The van der Waals surface area contributed by atoms with Gasteiger partial charge in [-0.1, -0.05) is 27.2 Å². The van der Waals surface area contributed by atoms with Gasteiger partial charge in [0.2, 0.25) is 0 Å². The lowest BCUT2D eigenvalue weighted by atomic mass is 9.81. The van der Waals surface area contributed by atoms with Crippen LogP contribution in [0.15, 0.2) is 0 Å². The Morgan fingerprint density at radius 1 is 1.46 bits per heavy atom. The van der Waals surface area contributed by atoms with Gasteiger partial charge in [0.15, 0.2) is 0 Å². The summed E-state index contributed by atoms with van der Waals surface area (Å²) in [7, 11) is 0. The van der Waals surface area contributed by atoms with Gasteiger partial charge in [-0.2, -0.15) is 0 Å². The second kappa shape index (κ2) is 5.80. The Hall–Kier alpha value is -0.770. The van der Waals surface area contributed by atoms with E-state index in [1.54, 1.807) is 0 Å². The van der Waals surface area contributed by atoms with Crippen molar-refractivity contribution in [3.8, 4) is 12.3 Å². The lowest BCUT2D eigenvalue weighted by Gasteiger charge is -2.21. The van der Waals surface area contributed by atoms with Crippen molar-refractivity contribution in [1.82, 2.24) is 0 Å². The molecular formula is C12H20O. The Balaban J connectivity index is 3.96. The summed E-state index contributed by atoms with van der Waals surface area (Å²) in [6, 6.07) is 0. The van der Waals surface area contributed by atoms with E-state index in [1.165, 1.54) is 0 Å². The molecule has 0 N–H and O–H groups in total. The molecule has 0 saturated heterocycles. The fourth-order valence-corrected chi connectivity index (χ4v) is 1.20. The molecule has 13 heavy (non-hydrogen) atoms. The topological polar surface area (TPSA) is 17.1 Å². The molecular weight excluding hydrogens is 160 g/mol. The van der Waals surface area contributed by atoms with Crippen LogP contribution in [0.4, 0.5) is 0 Å². The Bertz CT molecular complexity index is 196. The monoisotopic (exact) mass is 180 g/mol. The Labute approximate surface area is 81.9 Å². The molecule has 0 aromatic rings. The third kappa shape index (κ3) is 4.72. The number of hydrogen-bond donors (Lipinski definition) is 0. The van der Waals surface area contributed by atoms with Crippen LogP contribution in [0.1, 0.15) is 52.9 Å². The van der Waals surface area contributed by atoms with Crippen molar-refractivity contribution in [3.63, 3.8) is 0 Å². The molecule has 1 heteroatoms. The number of ketones is 1. The fourth-order valence-electron chi connectivity index (χ4n) is 1.20. The molecule has 0 radical (unpaired) electrons. The van der Waals surface area contributed by atoms with E-state index in [4.69, 9.17) is 6.42 Å². The van der Waals surface area contributed by atoms with Gasteiger partial charge in [0.05, 0.1) is 0 Å². The zero-order valence-corrected chi connectivity index (χ0v) is 9.02. The van der Waals surface area contributed by atoms with Crippen LogP contribution in [0.3, 0.4) is 0 Å². The van der Waals surface area contributed by atoms with E-state index in [1.807, 2.05) is 13.8 Å². The van der Waals surface area contributed by atoms with Gasteiger partial charge in [-0.25, -0.2) is 0 Å². The van der Waals surface area contributed by atoms with Gasteiger partial charge in [0.25, 0.3) is 0 Å². The zero-order valence-electron chi connectivity index (χ0n) is 9.02. The van der Waals surface area contributed by atoms with Gasteiger partial charge < -0.3 is 0 Å². The Morgan fingerprint density at radius 2 is 2.08 bits per heavy atom. The third-order valence-corrected chi connectivity index (χ3v) is 2.41. The summed E-state index contributed by atoms with van der Waals surface area (Å²) in [6.45, 7) is 6.08. The number of carbonyl (C=O) groups excluding carboxylic acids is 1. The molecule has 0 amide bonds. The summed E-state index contributed by atoms with van der Waals surface area (Å²) >= 11 is 0. The predicted molar refractivity (Wildman–Crippen MR) is 56.4 cm³/mol. The lowest BCUT2D eigenvalue weighted by molar-refractivity contribution is -0.127. The van der Waals surface area contributed by atoms with E-state index in [0.29, 0.717) is 18.6 Å². The van der Waals surface area contributed by atoms with Crippen LogP contribution in [0.2, 0.25) is 0 Å². The van der Waals surface area contributed by atoms with Crippen molar-refractivity contribution in [2.24, 2.45) is 5.41 Å². The van der Waals surface area contributed by atoms with Crippen LogP contribution in [-0.2, 0) is 4.79 Å². The van der Waals surface area contributed by atoms with Crippen molar-refractivity contribution in [2.75, 3.05) is 0 Å². The van der Waals surface area contributed by atoms with E-state index in [0.717, 1.165) is 19.3 Å². The molecule has 0 aliphatic rings. The number of hydrogen-bond acceptors (Lipinski definition) is 1. The summed E-state index contributed by atoms with van der Waals surface area (Å²) in [5, 5.41) is 0. The number of terminal acetylenes is 1. The zero-order chi connectivity index (χ0) is 10.3. The van der Waals surface area contributed by atoms with Crippen LogP contribution in [0, 0.1) is 17.8 Å². The molecule has 0 aromatic carbocycles. The maximum atomic E-state index is 11.7. The first-order valence-electron chi connectivity index (χ1n) is 5.01. The van der Waals surface area contributed by atoms with Crippen LogP contribution in [0.5, 0.6) is 0 Å². The summed E-state index contributed by atoms with van der Waals surface area (Å²) in [6.07, 6.45) is 9.47. The van der Waals surface area contributed by atoms with Gasteiger partial charge >= 0.3 is 0 Å². The van der Waals surface area contributed by atoms with E-state index >= 15 is 0 Å². The highest BCUT2D eigenvalue weighted by Gasteiger charge is 2.25. The van der Waals surface area contributed by atoms with Crippen LogP contribution in [-0.4, -0.2) is 5.78 Å². The normalized spacial score (nSPS) is 10.9. The minimum atomic E-state index is -0.221. The lowest BCUT2D eigenvalue weighted by Crippen LogP contribution is -2.23. The highest BCUT2D eigenvalue weighted by molar-refractivity contribution is 5.83. The first kappa shape index (κ1) is 12.2. The van der Waals surface area contributed by atoms with E-state index in [2.05, 4.69) is 12.8 Å². The summed E-state index contributed by atoms with van der Waals surface area (Å²) in [5.74, 6) is 2.93. The molecule has 0 spiro atoms. The van der Waals surface area contributed by atoms with Gasteiger partial charge in [0, 0.05) is 18.3 Å². The second-order valence-electron chi connectivity index (χ2n) is 4.11. The SMILES string of the molecule is C#CCCC(C)(C)C(=O)CCCC. The van der Waals surface area contributed by atoms with Crippen LogP contribution >= 0.6 is 0 Å². The molecule has 0 aliphatic carbocycles. The molecule has 74 valence electrons. The molecule has 0 bridgehead atoms. The molecule has 0 atom stereocenters. The van der Waals surface area contributed by atoms with Gasteiger partial charge in [-0.05, 0) is 12.8 Å². The molecule has 0 aliphatic heterocycles. The highest BCUT2D eigenvalue weighted by Crippen LogP contribution is 2.25. The molecule has 0 rings (SSSR count). The first-order valence-corrected chi connectivity index (χ1v) is 5.01. The van der Waals surface area contributed by atoms with Crippen molar-refractivity contribution in [3.05, 3.63) is 0 Å². The summed E-state index contributed by atoms with van der Waals surface area (Å²) in [5.41, 5.74) is -0.221. The number of rotatable bonds is 6. The van der Waals surface area contributed by atoms with Gasteiger partial charge in [0.1, 0.15) is 5.78 Å². The average molecular weight is 180 g/mol. The summed E-state index contributed by atoms with van der Waals surface area (Å²) < 4.78 is 0. The first-order chi connectivity index (χ1) is 6.04. The van der Waals surface area contributed by atoms with Crippen LogP contribution in [0.25, 0.3) is 0 Å². The quantitative estimate of drug-likeness (QED) is 0.574. The standard InChI is InChI=1S/C12H20O/c1-5-7-9-11(13)12(3,4)10-8-6-2/h2H,5,7-10H2,1,3-4H3. The average Bonchev–Trinajstić information content (AvgIpc) is 2.10. The smallest absolute Gasteiger partial charge is 0.138 e. The largest absolute Gasteiger partial charge is 0.299 e. The number of Topliss-reactive ketones (excluding diaryl/α,β-unsaturated/α-hetero) is 1. The maximum Gasteiger partial charge on any atom is 0.138 e. The van der Waals surface area contributed by atoms with E-state index in [-0.39, 0.29) is 5.41 Å². The third-order valence-electron chi connectivity index (χ3n) is 2.41. The van der Waals surface area contributed by atoms with Crippen molar-refractivity contribution >= 4 is 5.78 Å².